The van der Waals surface area contributed by atoms with Gasteiger partial charge in [-0.15, -0.1) is 0 Å². The SMILES string of the molecule is [2H]C([2H])(NC(=O)CC[C@@H](C)[C@H]1CC[C@H]2[C@@H]3[C@H](O)C[C@@H]4C[C@H](O)CC[C@]4(C)[C@H]3C[C@H](O)[C@]12C)C([2H])([2H])S(=O)(=O)[O-].[Na+]. The van der Waals surface area contributed by atoms with Gasteiger partial charge in [0.25, 0.3) is 0 Å². The quantitative estimate of drug-likeness (QED) is 0.240. The predicted octanol–water partition coefficient (Wildman–Crippen LogP) is -0.970. The molecular formula is C26H44NNaO7S. The number of hydrogen-bond acceptors (Lipinski definition) is 7. The van der Waals surface area contributed by atoms with Crippen LogP contribution in [0.25, 0.3) is 0 Å². The van der Waals surface area contributed by atoms with E-state index in [1.807, 2.05) is 6.92 Å². The average Bonchev–Trinajstić information content (AvgIpc) is 3.16. The zero-order valence-electron chi connectivity index (χ0n) is 25.9. The van der Waals surface area contributed by atoms with E-state index in [9.17, 15) is 33.1 Å². The Morgan fingerprint density at radius 1 is 1.14 bits per heavy atom. The first-order valence-electron chi connectivity index (χ1n) is 15.1. The molecule has 36 heavy (non-hydrogen) atoms. The predicted molar refractivity (Wildman–Crippen MR) is 130 cm³/mol. The molecule has 4 rings (SSSR count). The number of hydrogen-bond donors (Lipinski definition) is 4. The van der Waals surface area contributed by atoms with Crippen molar-refractivity contribution in [3.8, 4) is 0 Å². The molecule has 10 heteroatoms. The summed E-state index contributed by atoms with van der Waals surface area (Å²) in [6, 6.07) is 0. The Morgan fingerprint density at radius 3 is 2.50 bits per heavy atom. The molecule has 0 bridgehead atoms. The van der Waals surface area contributed by atoms with Gasteiger partial charge in [0.2, 0.25) is 5.91 Å². The van der Waals surface area contributed by atoms with E-state index >= 15 is 0 Å². The molecule has 202 valence electrons. The van der Waals surface area contributed by atoms with Crippen LogP contribution in [0.2, 0.25) is 0 Å². The van der Waals surface area contributed by atoms with Gasteiger partial charge in [-0.05, 0) is 97.7 Å². The molecule has 0 aliphatic heterocycles. The first-order chi connectivity index (χ1) is 17.8. The molecule has 4 fully saturated rings. The molecule has 0 aromatic carbocycles. The number of amides is 1. The molecule has 11 atom stereocenters. The second-order valence-electron chi connectivity index (χ2n) is 12.3. The van der Waals surface area contributed by atoms with Gasteiger partial charge in [-0.1, -0.05) is 20.8 Å². The normalized spacial score (nSPS) is 47.4. The topological polar surface area (TPSA) is 147 Å². The van der Waals surface area contributed by atoms with Crippen molar-refractivity contribution in [2.45, 2.75) is 96.9 Å². The number of aliphatic hydroxyl groups is 3. The van der Waals surface area contributed by atoms with E-state index in [1.54, 1.807) is 5.32 Å². The first-order valence-corrected chi connectivity index (χ1v) is 14.5. The van der Waals surface area contributed by atoms with E-state index in [4.69, 9.17) is 5.48 Å². The Kier molecular flexibility index (Phi) is 7.99. The van der Waals surface area contributed by atoms with Crippen LogP contribution in [0.5, 0.6) is 0 Å². The molecule has 0 spiro atoms. The fourth-order valence-corrected chi connectivity index (χ4v) is 9.09. The third-order valence-corrected chi connectivity index (χ3v) is 11.1. The summed E-state index contributed by atoms with van der Waals surface area (Å²) in [6.07, 6.45) is 3.91. The number of nitrogens with one attached hydrogen (secondary N) is 1. The largest absolute Gasteiger partial charge is 1.00 e. The molecule has 4 saturated carbocycles. The van der Waals surface area contributed by atoms with Crippen LogP contribution in [0.1, 0.15) is 84.0 Å². The summed E-state index contributed by atoms with van der Waals surface area (Å²) in [5, 5.41) is 35.0. The molecule has 0 heterocycles. The Hall–Kier alpha value is 0.260. The standard InChI is InChI=1S/C26H45NO7S.Na/c1-15(4-7-23(31)27-10-11-35(32,33)34)18-5-6-19-24-20(14-22(30)26(18,19)3)25(2)9-8-17(28)12-16(25)13-21(24)29;/h15-22,24,28-30H,4-14H2,1-3H3,(H,27,31)(H,32,33,34);/q;+1/p-1/t15-,16+,17-,18-,19+,20+,21-,22+,24+,25+,26-;/m1./s1/i10D2,11D2;. The molecule has 0 unspecified atom stereocenters. The Labute approximate surface area is 244 Å². The van der Waals surface area contributed by atoms with Crippen LogP contribution in [0.4, 0.5) is 0 Å². The average molecular weight is 542 g/mol. The molecule has 4 N–H and O–H groups in total. The van der Waals surface area contributed by atoms with Gasteiger partial charge < -0.3 is 25.2 Å². The van der Waals surface area contributed by atoms with Crippen molar-refractivity contribution in [3.05, 3.63) is 0 Å². The molecule has 0 radical (unpaired) electrons. The van der Waals surface area contributed by atoms with E-state index in [2.05, 4.69) is 13.8 Å². The van der Waals surface area contributed by atoms with Crippen molar-refractivity contribution in [1.82, 2.24) is 5.32 Å². The van der Waals surface area contributed by atoms with Gasteiger partial charge in [-0.2, -0.15) is 0 Å². The molecule has 0 aromatic rings. The number of aliphatic hydroxyl groups excluding tert-OH is 3. The van der Waals surface area contributed by atoms with Crippen LogP contribution in [0, 0.1) is 46.3 Å². The molecule has 8 nitrogen and oxygen atoms in total. The summed E-state index contributed by atoms with van der Waals surface area (Å²) in [5.74, 6) is -0.355. The van der Waals surface area contributed by atoms with Gasteiger partial charge in [-0.25, -0.2) is 8.42 Å². The van der Waals surface area contributed by atoms with E-state index in [0.29, 0.717) is 25.7 Å². The Bertz CT molecular complexity index is 1070. The molecular weight excluding hydrogens is 493 g/mol. The molecule has 4 aliphatic carbocycles. The smallest absolute Gasteiger partial charge is 0.748 e. The Balaban J connectivity index is 0.00000441. The molecule has 1 amide bonds. The van der Waals surface area contributed by atoms with Crippen molar-refractivity contribution in [2.75, 3.05) is 12.2 Å². The summed E-state index contributed by atoms with van der Waals surface area (Å²) in [6.45, 7) is 2.94. The maximum absolute atomic E-state index is 12.5. The zero-order chi connectivity index (χ0) is 29.3. The molecule has 0 aromatic heterocycles. The second-order valence-corrected chi connectivity index (χ2v) is 13.4. The Morgan fingerprint density at radius 2 is 1.83 bits per heavy atom. The van der Waals surface area contributed by atoms with Gasteiger partial charge >= 0.3 is 29.6 Å². The number of carbonyl (C=O) groups excluding carboxylic acids is 1. The van der Waals surface area contributed by atoms with Gasteiger partial charge in [-0.3, -0.25) is 4.79 Å². The van der Waals surface area contributed by atoms with E-state index in [1.165, 1.54) is 0 Å². The first kappa shape index (κ1) is 25.2. The summed E-state index contributed by atoms with van der Waals surface area (Å²) in [4.78, 5) is 12.5. The summed E-state index contributed by atoms with van der Waals surface area (Å²) < 4.78 is 63.6. The van der Waals surface area contributed by atoms with Crippen LogP contribution in [-0.2, 0) is 14.9 Å². The van der Waals surface area contributed by atoms with Gasteiger partial charge in [0.1, 0.15) is 0 Å². The summed E-state index contributed by atoms with van der Waals surface area (Å²) in [5.41, 5.74) is -4.34. The van der Waals surface area contributed by atoms with E-state index < -0.39 is 45.9 Å². The maximum atomic E-state index is 12.5. The molecule has 4 aliphatic rings. The second kappa shape index (κ2) is 11.4. The summed E-state index contributed by atoms with van der Waals surface area (Å²) in [7, 11) is -5.67. The number of fused-ring (bicyclic) bond motifs is 5. The van der Waals surface area contributed by atoms with Crippen LogP contribution < -0.4 is 34.9 Å². The van der Waals surface area contributed by atoms with Gasteiger partial charge in [0.05, 0.1) is 36.9 Å². The number of rotatable bonds is 7. The minimum Gasteiger partial charge on any atom is -0.748 e. The van der Waals surface area contributed by atoms with E-state index in [0.717, 1.165) is 25.7 Å². The maximum Gasteiger partial charge on any atom is 1.00 e. The van der Waals surface area contributed by atoms with Gasteiger partial charge in [0.15, 0.2) is 0 Å². The number of carbonyl (C=O) groups is 1. The minimum absolute atomic E-state index is 0. The third kappa shape index (κ3) is 5.74. The van der Waals surface area contributed by atoms with E-state index in [-0.39, 0.29) is 83.0 Å². The fourth-order valence-electron chi connectivity index (χ4n) is 8.91. The summed E-state index contributed by atoms with van der Waals surface area (Å²) >= 11 is 0. The zero-order valence-corrected chi connectivity index (χ0v) is 24.8. The van der Waals surface area contributed by atoms with Crippen molar-refractivity contribution in [3.63, 3.8) is 0 Å². The van der Waals surface area contributed by atoms with Gasteiger partial charge in [0, 0.05) is 15.7 Å². The molecule has 0 saturated heterocycles. The third-order valence-electron chi connectivity index (χ3n) is 10.7. The monoisotopic (exact) mass is 541 g/mol. The van der Waals surface area contributed by atoms with Crippen LogP contribution >= 0.6 is 0 Å². The minimum atomic E-state index is -5.67. The van der Waals surface area contributed by atoms with Crippen LogP contribution in [-0.4, -0.2) is 64.7 Å². The van der Waals surface area contributed by atoms with Crippen molar-refractivity contribution in [2.24, 2.45) is 46.3 Å². The van der Waals surface area contributed by atoms with Crippen molar-refractivity contribution >= 4 is 16.0 Å². The van der Waals surface area contributed by atoms with Crippen LogP contribution in [0.15, 0.2) is 0 Å². The fraction of sp³-hybridized carbons (Fsp3) is 0.962. The van der Waals surface area contributed by atoms with Crippen LogP contribution in [0.3, 0.4) is 0 Å². The van der Waals surface area contributed by atoms with Crippen molar-refractivity contribution in [1.29, 1.82) is 0 Å². The van der Waals surface area contributed by atoms with Crippen molar-refractivity contribution < 1.29 is 68.1 Å².